The first kappa shape index (κ1) is 22.5. The Morgan fingerprint density at radius 2 is 1.94 bits per heavy atom. The number of nitriles is 2. The standard InChI is InChI=1S/C29H27N5O/c30-17-20-4-3-6-21(14-20)24-15-22-8-11-32-19-27(22)28(16-24)33-25-9-12-34(13-10-25)29(35)26-7-2-1-5-23(26)18-31/h1-6,8,14-16,19,25-26,32-33H,7,9-13H2. The zero-order valence-electron chi connectivity index (χ0n) is 19.5. The molecule has 0 saturated carbocycles. The number of carbonyl (C=O) groups excluding carboxylic acids is 1. The molecule has 0 radical (unpaired) electrons. The molecule has 174 valence electrons. The van der Waals surface area contributed by atoms with E-state index >= 15 is 0 Å². The predicted molar refractivity (Wildman–Crippen MR) is 137 cm³/mol. The molecule has 2 heterocycles. The lowest BCUT2D eigenvalue weighted by atomic mass is 9.90. The lowest BCUT2D eigenvalue weighted by Crippen LogP contribution is -2.46. The average molecular weight is 462 g/mol. The van der Waals surface area contributed by atoms with Crippen molar-refractivity contribution in [2.45, 2.75) is 25.3 Å². The molecule has 1 aliphatic carbocycles. The van der Waals surface area contributed by atoms with Crippen LogP contribution in [0.1, 0.15) is 24.8 Å². The molecule has 1 atom stereocenters. The largest absolute Gasteiger partial charge is 0.387 e. The van der Waals surface area contributed by atoms with Crippen molar-refractivity contribution in [2.75, 3.05) is 25.0 Å². The molecular formula is C29H27N5O. The zero-order chi connectivity index (χ0) is 24.2. The smallest absolute Gasteiger partial charge is 0.231 e. The molecule has 1 saturated heterocycles. The summed E-state index contributed by atoms with van der Waals surface area (Å²) < 4.78 is 0. The number of allylic oxidation sites excluding steroid dienone is 3. The third-order valence-electron chi connectivity index (χ3n) is 6.98. The Morgan fingerprint density at radius 1 is 1.09 bits per heavy atom. The van der Waals surface area contributed by atoms with Crippen molar-refractivity contribution in [2.24, 2.45) is 5.92 Å². The summed E-state index contributed by atoms with van der Waals surface area (Å²) in [5, 5.41) is 28.0. The number of amides is 1. The number of likely N-dealkylation sites (tertiary alicyclic amines) is 1. The number of nitrogens with zero attached hydrogens (tertiary/aromatic N) is 3. The summed E-state index contributed by atoms with van der Waals surface area (Å²) in [7, 11) is 0. The summed E-state index contributed by atoms with van der Waals surface area (Å²) in [5.41, 5.74) is 4.35. The van der Waals surface area contributed by atoms with Crippen LogP contribution in [-0.4, -0.2) is 36.5 Å². The number of carbonyl (C=O) groups is 1. The molecule has 5 rings (SSSR count). The molecule has 2 aliphatic heterocycles. The van der Waals surface area contributed by atoms with Crippen LogP contribution in [0.2, 0.25) is 0 Å². The van der Waals surface area contributed by atoms with Gasteiger partial charge in [0.1, 0.15) is 0 Å². The number of rotatable bonds is 4. The van der Waals surface area contributed by atoms with Gasteiger partial charge in [-0.15, -0.1) is 0 Å². The van der Waals surface area contributed by atoms with Gasteiger partial charge in [-0.2, -0.15) is 10.5 Å². The Kier molecular flexibility index (Phi) is 6.37. The van der Waals surface area contributed by atoms with E-state index in [1.54, 1.807) is 6.08 Å². The van der Waals surface area contributed by atoms with Crippen molar-refractivity contribution in [1.82, 2.24) is 10.2 Å². The first-order valence-electron chi connectivity index (χ1n) is 12.1. The Balaban J connectivity index is 1.34. The van der Waals surface area contributed by atoms with Gasteiger partial charge in [-0.05, 0) is 65.9 Å². The van der Waals surface area contributed by atoms with Crippen LogP contribution in [0.25, 0.3) is 23.4 Å². The summed E-state index contributed by atoms with van der Waals surface area (Å²) in [6.45, 7) is 2.13. The van der Waals surface area contributed by atoms with Crippen molar-refractivity contribution in [3.05, 3.63) is 76.2 Å². The highest BCUT2D eigenvalue weighted by Crippen LogP contribution is 2.26. The number of nitrogens with one attached hydrogen (secondary N) is 2. The van der Waals surface area contributed by atoms with E-state index in [2.05, 4.69) is 47.2 Å². The fraction of sp³-hybridized carbons (Fsp3) is 0.276. The van der Waals surface area contributed by atoms with E-state index in [4.69, 9.17) is 0 Å². The molecule has 1 unspecified atom stereocenters. The second kappa shape index (κ2) is 9.91. The van der Waals surface area contributed by atoms with Crippen molar-refractivity contribution < 1.29 is 4.79 Å². The van der Waals surface area contributed by atoms with Crippen molar-refractivity contribution in [3.63, 3.8) is 0 Å². The number of piperidine rings is 1. The van der Waals surface area contributed by atoms with E-state index in [1.165, 1.54) is 5.22 Å². The molecular weight excluding hydrogens is 434 g/mol. The average Bonchev–Trinajstić information content (AvgIpc) is 2.93. The third kappa shape index (κ3) is 4.69. The fourth-order valence-electron chi connectivity index (χ4n) is 5.05. The van der Waals surface area contributed by atoms with Crippen LogP contribution < -0.4 is 21.1 Å². The number of benzene rings is 2. The van der Waals surface area contributed by atoms with E-state index in [-0.39, 0.29) is 17.9 Å². The first-order valence-corrected chi connectivity index (χ1v) is 12.1. The van der Waals surface area contributed by atoms with Crippen molar-refractivity contribution in [3.8, 4) is 23.3 Å². The minimum Gasteiger partial charge on any atom is -0.387 e. The minimum absolute atomic E-state index is 0.0597. The zero-order valence-corrected chi connectivity index (χ0v) is 19.5. The molecule has 2 N–H and O–H groups in total. The Labute approximate surface area is 205 Å². The van der Waals surface area contributed by atoms with E-state index in [1.807, 2.05) is 41.3 Å². The Hall–Kier alpha value is -4.29. The Morgan fingerprint density at radius 3 is 2.74 bits per heavy atom. The summed E-state index contributed by atoms with van der Waals surface area (Å²) in [6.07, 6.45) is 12.1. The molecule has 1 amide bonds. The van der Waals surface area contributed by atoms with Gasteiger partial charge in [-0.3, -0.25) is 4.79 Å². The maximum atomic E-state index is 13.1. The quantitative estimate of drug-likeness (QED) is 0.731. The van der Waals surface area contributed by atoms with Gasteiger partial charge in [0.15, 0.2) is 0 Å². The van der Waals surface area contributed by atoms with E-state index in [9.17, 15) is 15.3 Å². The number of anilines is 1. The number of hydrogen-bond donors (Lipinski definition) is 2. The van der Waals surface area contributed by atoms with Crippen LogP contribution in [0, 0.1) is 28.6 Å². The van der Waals surface area contributed by atoms with Crippen LogP contribution in [0.3, 0.4) is 0 Å². The monoisotopic (exact) mass is 461 g/mol. The van der Waals surface area contributed by atoms with Crippen molar-refractivity contribution in [1.29, 1.82) is 10.5 Å². The van der Waals surface area contributed by atoms with Crippen LogP contribution in [0.15, 0.2) is 60.2 Å². The van der Waals surface area contributed by atoms with E-state index in [0.29, 0.717) is 30.6 Å². The van der Waals surface area contributed by atoms with E-state index < -0.39 is 0 Å². The predicted octanol–water partition coefficient (Wildman–Crippen LogP) is 2.78. The maximum absolute atomic E-state index is 13.1. The van der Waals surface area contributed by atoms with Gasteiger partial charge in [-0.25, -0.2) is 0 Å². The number of fused-ring (bicyclic) bond motifs is 1. The van der Waals surface area contributed by atoms with Gasteiger partial charge in [-0.1, -0.05) is 30.4 Å². The molecule has 1 fully saturated rings. The summed E-state index contributed by atoms with van der Waals surface area (Å²) in [4.78, 5) is 15.0. The maximum Gasteiger partial charge on any atom is 0.231 e. The summed E-state index contributed by atoms with van der Waals surface area (Å²) in [5.74, 6) is -0.289. The Bertz CT molecular complexity index is 1410. The van der Waals surface area contributed by atoms with E-state index in [0.717, 1.165) is 41.4 Å². The highest BCUT2D eigenvalue weighted by Gasteiger charge is 2.30. The third-order valence-corrected chi connectivity index (χ3v) is 6.98. The molecule has 6 nitrogen and oxygen atoms in total. The van der Waals surface area contributed by atoms with Crippen LogP contribution >= 0.6 is 0 Å². The molecule has 0 bridgehead atoms. The first-order chi connectivity index (χ1) is 17.2. The highest BCUT2D eigenvalue weighted by atomic mass is 16.2. The molecule has 0 spiro atoms. The van der Waals surface area contributed by atoms with Crippen LogP contribution in [0.4, 0.5) is 5.69 Å². The molecule has 3 aliphatic rings. The van der Waals surface area contributed by atoms with Gasteiger partial charge in [0.2, 0.25) is 5.91 Å². The van der Waals surface area contributed by atoms with Gasteiger partial charge >= 0.3 is 0 Å². The van der Waals surface area contributed by atoms with Crippen LogP contribution in [-0.2, 0) is 4.79 Å². The molecule has 6 heteroatoms. The fourth-order valence-corrected chi connectivity index (χ4v) is 5.05. The SMILES string of the molecule is N#CC1=CC=CCC1C(=O)N1CCC(Nc2cc(-c3cccc(C#N)c3)cc3c2=CNCC=3)CC1. The lowest BCUT2D eigenvalue weighted by Gasteiger charge is -2.35. The minimum atomic E-state index is -0.349. The van der Waals surface area contributed by atoms with Gasteiger partial charge < -0.3 is 15.5 Å². The van der Waals surface area contributed by atoms with Crippen molar-refractivity contribution >= 4 is 23.9 Å². The topological polar surface area (TPSA) is 92.0 Å². The normalized spacial score (nSPS) is 19.1. The molecule has 2 aromatic carbocycles. The summed E-state index contributed by atoms with van der Waals surface area (Å²) in [6, 6.07) is 16.7. The second-order valence-electron chi connectivity index (χ2n) is 9.17. The van der Waals surface area contributed by atoms with Gasteiger partial charge in [0.25, 0.3) is 0 Å². The molecule has 35 heavy (non-hydrogen) atoms. The highest BCUT2D eigenvalue weighted by molar-refractivity contribution is 5.83. The lowest BCUT2D eigenvalue weighted by molar-refractivity contribution is -0.135. The molecule has 2 aromatic rings. The second-order valence-corrected chi connectivity index (χ2v) is 9.17. The molecule has 0 aromatic heterocycles. The van der Waals surface area contributed by atoms with Crippen LogP contribution in [0.5, 0.6) is 0 Å². The summed E-state index contributed by atoms with van der Waals surface area (Å²) >= 11 is 0. The number of hydrogen-bond acceptors (Lipinski definition) is 5. The van der Waals surface area contributed by atoms with Gasteiger partial charge in [0.05, 0.1) is 23.6 Å². The van der Waals surface area contributed by atoms with Gasteiger partial charge in [0, 0.05) is 48.4 Å².